The first-order valence-corrected chi connectivity index (χ1v) is 6.27. The van der Waals surface area contributed by atoms with Gasteiger partial charge in [0.1, 0.15) is 0 Å². The van der Waals surface area contributed by atoms with Crippen molar-refractivity contribution >= 4 is 0 Å². The second-order valence-corrected chi connectivity index (χ2v) is 5.20. The predicted molar refractivity (Wildman–Crippen MR) is 60.4 cm³/mol. The van der Waals surface area contributed by atoms with Crippen LogP contribution in [-0.2, 0) is 0 Å². The van der Waals surface area contributed by atoms with E-state index in [9.17, 15) is 0 Å². The first-order chi connectivity index (χ1) is 6.84. The first-order valence-electron chi connectivity index (χ1n) is 6.27. The molecule has 14 heavy (non-hydrogen) atoms. The van der Waals surface area contributed by atoms with Crippen LogP contribution in [0.25, 0.3) is 0 Å². The topological polar surface area (TPSA) is 15.3 Å². The summed E-state index contributed by atoms with van der Waals surface area (Å²) in [4.78, 5) is 2.68. The van der Waals surface area contributed by atoms with Crippen LogP contribution in [0.4, 0.5) is 0 Å². The minimum Gasteiger partial charge on any atom is -0.316 e. The lowest BCUT2D eigenvalue weighted by Crippen LogP contribution is -2.41. The molecule has 2 heterocycles. The Labute approximate surface area is 88.1 Å². The van der Waals surface area contributed by atoms with E-state index in [4.69, 9.17) is 0 Å². The van der Waals surface area contributed by atoms with Gasteiger partial charge in [0, 0.05) is 6.54 Å². The average molecular weight is 196 g/mol. The molecular weight excluding hydrogens is 172 g/mol. The van der Waals surface area contributed by atoms with Gasteiger partial charge in [-0.1, -0.05) is 6.92 Å². The largest absolute Gasteiger partial charge is 0.316 e. The Hall–Kier alpha value is -0.0800. The summed E-state index contributed by atoms with van der Waals surface area (Å²) in [6.07, 6.45) is 5.66. The Morgan fingerprint density at radius 1 is 1.21 bits per heavy atom. The van der Waals surface area contributed by atoms with Gasteiger partial charge in [-0.15, -0.1) is 0 Å². The second kappa shape index (κ2) is 5.13. The highest BCUT2D eigenvalue weighted by atomic mass is 15.1. The van der Waals surface area contributed by atoms with Crippen molar-refractivity contribution in [3.63, 3.8) is 0 Å². The van der Waals surface area contributed by atoms with E-state index in [-0.39, 0.29) is 0 Å². The maximum absolute atomic E-state index is 3.51. The summed E-state index contributed by atoms with van der Waals surface area (Å²) in [5, 5.41) is 3.51. The van der Waals surface area contributed by atoms with Crippen molar-refractivity contribution in [2.75, 3.05) is 32.7 Å². The zero-order valence-corrected chi connectivity index (χ0v) is 9.47. The van der Waals surface area contributed by atoms with Crippen LogP contribution in [0, 0.1) is 11.8 Å². The van der Waals surface area contributed by atoms with E-state index in [0.717, 1.165) is 11.8 Å². The van der Waals surface area contributed by atoms with Gasteiger partial charge in [-0.2, -0.15) is 0 Å². The lowest BCUT2D eigenvalue weighted by Gasteiger charge is -2.34. The SMILES string of the molecule is CC1CCN(C[C@H]2CCCNC2)CC1. The summed E-state index contributed by atoms with van der Waals surface area (Å²) in [6, 6.07) is 0. The zero-order chi connectivity index (χ0) is 9.80. The second-order valence-electron chi connectivity index (χ2n) is 5.20. The molecule has 0 saturated carbocycles. The Kier molecular flexibility index (Phi) is 3.82. The molecule has 2 fully saturated rings. The third-order valence-corrected chi connectivity index (χ3v) is 3.79. The van der Waals surface area contributed by atoms with Gasteiger partial charge < -0.3 is 10.2 Å². The van der Waals surface area contributed by atoms with E-state index in [2.05, 4.69) is 17.1 Å². The maximum atomic E-state index is 3.51. The van der Waals surface area contributed by atoms with E-state index in [1.807, 2.05) is 0 Å². The molecule has 2 aliphatic rings. The summed E-state index contributed by atoms with van der Waals surface area (Å²) < 4.78 is 0. The van der Waals surface area contributed by atoms with E-state index >= 15 is 0 Å². The van der Waals surface area contributed by atoms with Gasteiger partial charge in [-0.05, 0) is 63.7 Å². The Balaban J connectivity index is 1.68. The molecule has 2 nitrogen and oxygen atoms in total. The van der Waals surface area contributed by atoms with Crippen molar-refractivity contribution in [1.29, 1.82) is 0 Å². The highest BCUT2D eigenvalue weighted by Crippen LogP contribution is 2.19. The third kappa shape index (κ3) is 2.96. The van der Waals surface area contributed by atoms with Crippen LogP contribution in [0.3, 0.4) is 0 Å². The Morgan fingerprint density at radius 3 is 2.64 bits per heavy atom. The average Bonchev–Trinajstić information content (AvgIpc) is 2.23. The molecule has 0 aromatic heterocycles. The molecule has 82 valence electrons. The Bertz CT molecular complexity index is 156. The molecule has 2 heteroatoms. The lowest BCUT2D eigenvalue weighted by molar-refractivity contribution is 0.155. The van der Waals surface area contributed by atoms with Crippen molar-refractivity contribution in [3.8, 4) is 0 Å². The van der Waals surface area contributed by atoms with Crippen molar-refractivity contribution in [1.82, 2.24) is 10.2 Å². The maximum Gasteiger partial charge on any atom is 0.00218 e. The number of nitrogens with zero attached hydrogens (tertiary/aromatic N) is 1. The van der Waals surface area contributed by atoms with Crippen molar-refractivity contribution in [2.45, 2.75) is 32.6 Å². The molecule has 2 rings (SSSR count). The molecule has 0 bridgehead atoms. The predicted octanol–water partition coefficient (Wildman–Crippen LogP) is 1.72. The van der Waals surface area contributed by atoms with Gasteiger partial charge in [0.25, 0.3) is 0 Å². The number of likely N-dealkylation sites (tertiary alicyclic amines) is 1. The zero-order valence-electron chi connectivity index (χ0n) is 9.47. The van der Waals surface area contributed by atoms with E-state index in [1.54, 1.807) is 0 Å². The van der Waals surface area contributed by atoms with Gasteiger partial charge >= 0.3 is 0 Å². The third-order valence-electron chi connectivity index (χ3n) is 3.79. The van der Waals surface area contributed by atoms with E-state index < -0.39 is 0 Å². The van der Waals surface area contributed by atoms with Crippen molar-refractivity contribution in [2.24, 2.45) is 11.8 Å². The van der Waals surface area contributed by atoms with Crippen molar-refractivity contribution in [3.05, 3.63) is 0 Å². The van der Waals surface area contributed by atoms with Crippen LogP contribution in [0.15, 0.2) is 0 Å². The quantitative estimate of drug-likeness (QED) is 0.723. The molecule has 2 saturated heterocycles. The molecule has 0 spiro atoms. The standard InChI is InChI=1S/C12H24N2/c1-11-4-7-14(8-5-11)10-12-3-2-6-13-9-12/h11-13H,2-10H2,1H3/t12-/m0/s1. The fraction of sp³-hybridized carbons (Fsp3) is 1.00. The van der Waals surface area contributed by atoms with E-state index in [0.29, 0.717) is 0 Å². The lowest BCUT2D eigenvalue weighted by atomic mass is 9.95. The highest BCUT2D eigenvalue weighted by molar-refractivity contribution is 4.76. The monoisotopic (exact) mass is 196 g/mol. The summed E-state index contributed by atoms with van der Waals surface area (Å²) in [5.74, 6) is 1.90. The summed E-state index contributed by atoms with van der Waals surface area (Å²) >= 11 is 0. The van der Waals surface area contributed by atoms with Gasteiger partial charge in [-0.3, -0.25) is 0 Å². The number of rotatable bonds is 2. The summed E-state index contributed by atoms with van der Waals surface area (Å²) in [7, 11) is 0. The fourth-order valence-corrected chi connectivity index (χ4v) is 2.69. The minimum absolute atomic E-state index is 0.928. The Morgan fingerprint density at radius 2 is 2.00 bits per heavy atom. The molecular formula is C12H24N2. The van der Waals surface area contributed by atoms with Crippen LogP contribution in [0.5, 0.6) is 0 Å². The number of hydrogen-bond donors (Lipinski definition) is 1. The molecule has 1 atom stereocenters. The van der Waals surface area contributed by atoms with Crippen LogP contribution < -0.4 is 5.32 Å². The highest BCUT2D eigenvalue weighted by Gasteiger charge is 2.20. The van der Waals surface area contributed by atoms with Crippen LogP contribution in [0.2, 0.25) is 0 Å². The first kappa shape index (κ1) is 10.4. The molecule has 2 aliphatic heterocycles. The molecule has 0 aromatic rings. The normalized spacial score (nSPS) is 31.9. The van der Waals surface area contributed by atoms with Gasteiger partial charge in [0.15, 0.2) is 0 Å². The van der Waals surface area contributed by atoms with Gasteiger partial charge in [0.05, 0.1) is 0 Å². The van der Waals surface area contributed by atoms with Crippen LogP contribution in [0.1, 0.15) is 32.6 Å². The van der Waals surface area contributed by atoms with Gasteiger partial charge in [0.2, 0.25) is 0 Å². The van der Waals surface area contributed by atoms with E-state index in [1.165, 1.54) is 58.4 Å². The molecule has 0 radical (unpaired) electrons. The molecule has 0 amide bonds. The smallest absolute Gasteiger partial charge is 0.00218 e. The number of piperidine rings is 2. The number of nitrogens with one attached hydrogen (secondary N) is 1. The van der Waals surface area contributed by atoms with Gasteiger partial charge in [-0.25, -0.2) is 0 Å². The number of hydrogen-bond acceptors (Lipinski definition) is 2. The molecule has 1 N–H and O–H groups in total. The fourth-order valence-electron chi connectivity index (χ4n) is 2.69. The minimum atomic E-state index is 0.928. The summed E-state index contributed by atoms with van der Waals surface area (Å²) in [6.45, 7) is 8.92. The van der Waals surface area contributed by atoms with Crippen LogP contribution in [-0.4, -0.2) is 37.6 Å². The van der Waals surface area contributed by atoms with Crippen molar-refractivity contribution < 1.29 is 0 Å². The summed E-state index contributed by atoms with van der Waals surface area (Å²) in [5.41, 5.74) is 0. The van der Waals surface area contributed by atoms with Crippen LogP contribution >= 0.6 is 0 Å². The molecule has 0 aliphatic carbocycles. The molecule has 0 aromatic carbocycles. The molecule has 0 unspecified atom stereocenters.